The average Bonchev–Trinajstić information content (AvgIpc) is 2.83. The minimum atomic E-state index is -0.849. The van der Waals surface area contributed by atoms with E-state index in [1.54, 1.807) is 17.9 Å². The van der Waals surface area contributed by atoms with Crippen LogP contribution in [0.25, 0.3) is 0 Å². The van der Waals surface area contributed by atoms with Crippen molar-refractivity contribution in [3.05, 3.63) is 27.9 Å². The van der Waals surface area contributed by atoms with Crippen LogP contribution in [0.4, 0.5) is 11.5 Å². The Morgan fingerprint density at radius 2 is 2.35 bits per heavy atom. The topological polar surface area (TPSA) is 96.6 Å². The largest absolute Gasteiger partial charge is 0.481 e. The first kappa shape index (κ1) is 14.2. The summed E-state index contributed by atoms with van der Waals surface area (Å²) in [5.41, 5.74) is -0.339. The number of hydrogen-bond acceptors (Lipinski definition) is 5. The highest BCUT2D eigenvalue weighted by atomic mass is 16.6. The molecule has 20 heavy (non-hydrogen) atoms. The number of nitro groups is 1. The van der Waals surface area contributed by atoms with E-state index in [-0.39, 0.29) is 18.1 Å². The van der Waals surface area contributed by atoms with Crippen molar-refractivity contribution in [2.45, 2.75) is 26.7 Å². The Hall–Kier alpha value is -2.18. The van der Waals surface area contributed by atoms with Crippen LogP contribution in [0.15, 0.2) is 12.3 Å². The molecule has 0 bridgehead atoms. The summed E-state index contributed by atoms with van der Waals surface area (Å²) in [5, 5.41) is 20.6. The number of hydrogen-bond donors (Lipinski definition) is 1. The van der Waals surface area contributed by atoms with Crippen LogP contribution >= 0.6 is 0 Å². The molecule has 1 aromatic rings. The number of pyridine rings is 1. The van der Waals surface area contributed by atoms with E-state index in [4.69, 9.17) is 0 Å². The Morgan fingerprint density at radius 1 is 1.65 bits per heavy atom. The highest BCUT2D eigenvalue weighted by Crippen LogP contribution is 2.39. The molecule has 1 unspecified atom stereocenters. The number of aromatic nitrogens is 1. The van der Waals surface area contributed by atoms with Gasteiger partial charge >= 0.3 is 11.7 Å². The molecule has 108 valence electrons. The van der Waals surface area contributed by atoms with Crippen LogP contribution in [0.3, 0.4) is 0 Å². The molecule has 7 nitrogen and oxygen atoms in total. The van der Waals surface area contributed by atoms with Crippen molar-refractivity contribution in [3.63, 3.8) is 0 Å². The van der Waals surface area contributed by atoms with Crippen molar-refractivity contribution in [2.24, 2.45) is 5.41 Å². The predicted octanol–water partition coefficient (Wildman–Crippen LogP) is 1.99. The van der Waals surface area contributed by atoms with Gasteiger partial charge in [0.05, 0.1) is 10.3 Å². The van der Waals surface area contributed by atoms with Gasteiger partial charge in [0, 0.05) is 24.8 Å². The fourth-order valence-corrected chi connectivity index (χ4v) is 2.66. The number of nitrogens with zero attached hydrogens (tertiary/aromatic N) is 3. The molecule has 2 heterocycles. The summed E-state index contributed by atoms with van der Waals surface area (Å²) in [6.45, 7) is 4.22. The summed E-state index contributed by atoms with van der Waals surface area (Å²) in [5.74, 6) is -0.579. The molecule has 0 saturated carbocycles. The third-order valence-corrected chi connectivity index (χ3v) is 4.07. The standard InChI is InChI=1S/C13H17N3O4/c1-3-13(12(17)18)5-7-15(8-13)11-10(16(19)20)9(2)4-6-14-11/h4,6H,3,5,7-8H2,1-2H3,(H,17,18). The second kappa shape index (κ2) is 5.07. The number of aryl methyl sites for hydroxylation is 1. The van der Waals surface area contributed by atoms with E-state index in [2.05, 4.69) is 4.98 Å². The first-order valence-electron chi connectivity index (χ1n) is 6.49. The molecule has 0 amide bonds. The zero-order chi connectivity index (χ0) is 14.9. The average molecular weight is 279 g/mol. The molecular formula is C13H17N3O4. The van der Waals surface area contributed by atoms with Gasteiger partial charge in [-0.2, -0.15) is 0 Å². The summed E-state index contributed by atoms with van der Waals surface area (Å²) in [6.07, 6.45) is 2.49. The van der Waals surface area contributed by atoms with Crippen LogP contribution in [0, 0.1) is 22.5 Å². The van der Waals surface area contributed by atoms with Gasteiger partial charge < -0.3 is 10.0 Å². The minimum Gasteiger partial charge on any atom is -0.481 e. The van der Waals surface area contributed by atoms with Crippen molar-refractivity contribution in [1.29, 1.82) is 0 Å². The molecular weight excluding hydrogens is 262 g/mol. The van der Waals surface area contributed by atoms with Gasteiger partial charge in [-0.25, -0.2) is 4.98 Å². The molecule has 0 aliphatic carbocycles. The second-order valence-electron chi connectivity index (χ2n) is 5.17. The Labute approximate surface area is 116 Å². The highest BCUT2D eigenvalue weighted by Gasteiger charge is 2.45. The first-order chi connectivity index (χ1) is 9.41. The van der Waals surface area contributed by atoms with Gasteiger partial charge in [-0.05, 0) is 25.8 Å². The lowest BCUT2D eigenvalue weighted by Crippen LogP contribution is -2.34. The van der Waals surface area contributed by atoms with Gasteiger partial charge in [0.25, 0.3) is 0 Å². The van der Waals surface area contributed by atoms with Crippen LogP contribution in [-0.4, -0.2) is 34.1 Å². The van der Waals surface area contributed by atoms with E-state index in [9.17, 15) is 20.0 Å². The molecule has 1 aromatic heterocycles. The molecule has 1 atom stereocenters. The van der Waals surface area contributed by atoms with Gasteiger partial charge in [0.1, 0.15) is 0 Å². The number of aliphatic carboxylic acids is 1. The van der Waals surface area contributed by atoms with Gasteiger partial charge in [-0.15, -0.1) is 0 Å². The molecule has 0 radical (unpaired) electrons. The van der Waals surface area contributed by atoms with Gasteiger partial charge in [-0.3, -0.25) is 14.9 Å². The molecule has 0 spiro atoms. The summed E-state index contributed by atoms with van der Waals surface area (Å²) >= 11 is 0. The van der Waals surface area contributed by atoms with Gasteiger partial charge in [-0.1, -0.05) is 6.92 Å². The zero-order valence-corrected chi connectivity index (χ0v) is 11.5. The van der Waals surface area contributed by atoms with Crippen LogP contribution in [0.1, 0.15) is 25.3 Å². The van der Waals surface area contributed by atoms with E-state index in [1.165, 1.54) is 6.20 Å². The first-order valence-corrected chi connectivity index (χ1v) is 6.49. The molecule has 1 N–H and O–H groups in total. The summed E-state index contributed by atoms with van der Waals surface area (Å²) in [4.78, 5) is 28.0. The number of carbonyl (C=O) groups is 1. The summed E-state index contributed by atoms with van der Waals surface area (Å²) in [7, 11) is 0. The van der Waals surface area contributed by atoms with Crippen molar-refractivity contribution < 1.29 is 14.8 Å². The SMILES string of the molecule is CCC1(C(=O)O)CCN(c2nccc(C)c2[N+](=O)[O-])C1. The molecule has 1 aliphatic rings. The highest BCUT2D eigenvalue weighted by molar-refractivity contribution is 5.77. The van der Waals surface area contributed by atoms with E-state index < -0.39 is 16.3 Å². The quantitative estimate of drug-likeness (QED) is 0.668. The van der Waals surface area contributed by atoms with Crippen LogP contribution < -0.4 is 4.90 Å². The summed E-state index contributed by atoms with van der Waals surface area (Å²) < 4.78 is 0. The van der Waals surface area contributed by atoms with E-state index in [1.807, 2.05) is 6.92 Å². The number of carboxylic acids is 1. The minimum absolute atomic E-state index is 0.0372. The second-order valence-corrected chi connectivity index (χ2v) is 5.17. The number of rotatable bonds is 4. The summed E-state index contributed by atoms with van der Waals surface area (Å²) in [6, 6.07) is 1.59. The zero-order valence-electron chi connectivity index (χ0n) is 11.5. The smallest absolute Gasteiger partial charge is 0.314 e. The lowest BCUT2D eigenvalue weighted by Gasteiger charge is -2.23. The predicted molar refractivity (Wildman–Crippen MR) is 72.8 cm³/mol. The Bertz CT molecular complexity index is 561. The van der Waals surface area contributed by atoms with E-state index in [0.717, 1.165) is 0 Å². The molecule has 1 fully saturated rings. The van der Waals surface area contributed by atoms with Crippen molar-refractivity contribution in [3.8, 4) is 0 Å². The molecule has 1 aliphatic heterocycles. The number of anilines is 1. The van der Waals surface area contributed by atoms with Crippen LogP contribution in [0.5, 0.6) is 0 Å². The van der Waals surface area contributed by atoms with Crippen molar-refractivity contribution >= 4 is 17.5 Å². The van der Waals surface area contributed by atoms with Gasteiger partial charge in [0.2, 0.25) is 5.82 Å². The molecule has 1 saturated heterocycles. The maximum Gasteiger partial charge on any atom is 0.314 e. The lowest BCUT2D eigenvalue weighted by atomic mass is 9.84. The fraction of sp³-hybridized carbons (Fsp3) is 0.538. The number of carboxylic acid groups (broad SMARTS) is 1. The Balaban J connectivity index is 2.38. The maximum absolute atomic E-state index is 11.4. The lowest BCUT2D eigenvalue weighted by molar-refractivity contribution is -0.384. The van der Waals surface area contributed by atoms with Crippen LogP contribution in [0.2, 0.25) is 0 Å². The van der Waals surface area contributed by atoms with Crippen molar-refractivity contribution in [1.82, 2.24) is 4.98 Å². The van der Waals surface area contributed by atoms with E-state index in [0.29, 0.717) is 24.9 Å². The molecule has 0 aromatic carbocycles. The Morgan fingerprint density at radius 3 is 2.85 bits per heavy atom. The third-order valence-electron chi connectivity index (χ3n) is 4.07. The maximum atomic E-state index is 11.4. The third kappa shape index (κ3) is 2.19. The monoisotopic (exact) mass is 279 g/mol. The van der Waals surface area contributed by atoms with Crippen molar-refractivity contribution in [2.75, 3.05) is 18.0 Å². The van der Waals surface area contributed by atoms with E-state index >= 15 is 0 Å². The fourth-order valence-electron chi connectivity index (χ4n) is 2.66. The normalized spacial score (nSPS) is 22.0. The van der Waals surface area contributed by atoms with Crippen LogP contribution in [-0.2, 0) is 4.79 Å². The molecule has 2 rings (SSSR count). The Kier molecular flexibility index (Phi) is 3.61. The van der Waals surface area contributed by atoms with Gasteiger partial charge in [0.15, 0.2) is 0 Å². The molecule has 7 heteroatoms.